The average molecular weight is 188 g/mol. The molecule has 0 amide bonds. The third-order valence-electron chi connectivity index (χ3n) is 3.31. The van der Waals surface area contributed by atoms with Crippen molar-refractivity contribution in [2.45, 2.75) is 44.2 Å². The van der Waals surface area contributed by atoms with Crippen LogP contribution in [0.5, 0.6) is 0 Å². The Morgan fingerprint density at radius 2 is 1.55 bits per heavy atom. The summed E-state index contributed by atoms with van der Waals surface area (Å²) in [4.78, 5) is 0. The molecular formula is C9H17PS. The minimum absolute atomic E-state index is 0.735. The van der Waals surface area contributed by atoms with E-state index >= 15 is 0 Å². The zero-order valence-electron chi connectivity index (χ0n) is 7.09. The lowest BCUT2D eigenvalue weighted by Gasteiger charge is -2.40. The molecule has 0 spiro atoms. The van der Waals surface area contributed by atoms with E-state index in [0.29, 0.717) is 0 Å². The second-order valence-electron chi connectivity index (χ2n) is 4.04. The molecule has 2 rings (SSSR count). The minimum Gasteiger partial charge on any atom is -0.0972 e. The van der Waals surface area contributed by atoms with Crippen molar-refractivity contribution in [2.75, 3.05) is 12.3 Å². The van der Waals surface area contributed by atoms with E-state index < -0.39 is 6.04 Å². The van der Waals surface area contributed by atoms with Gasteiger partial charge in [-0.1, -0.05) is 31.1 Å². The van der Waals surface area contributed by atoms with Crippen LogP contribution in [-0.4, -0.2) is 18.0 Å². The highest BCUT2D eigenvalue weighted by molar-refractivity contribution is 8.15. The van der Waals surface area contributed by atoms with Gasteiger partial charge in [-0.25, -0.2) is 0 Å². The van der Waals surface area contributed by atoms with Gasteiger partial charge < -0.3 is 0 Å². The van der Waals surface area contributed by atoms with Gasteiger partial charge in [0, 0.05) is 0 Å². The predicted molar refractivity (Wildman–Crippen MR) is 55.5 cm³/mol. The molecule has 0 radical (unpaired) electrons. The summed E-state index contributed by atoms with van der Waals surface area (Å²) in [5, 5.41) is 0. The van der Waals surface area contributed by atoms with E-state index in [9.17, 15) is 0 Å². The fourth-order valence-corrected chi connectivity index (χ4v) is 6.77. The summed E-state index contributed by atoms with van der Waals surface area (Å²) >= 11 is 5.76. The second-order valence-corrected chi connectivity index (χ2v) is 9.76. The van der Waals surface area contributed by atoms with Crippen LogP contribution in [0.1, 0.15) is 38.5 Å². The fraction of sp³-hybridized carbons (Fsp3) is 1.00. The maximum atomic E-state index is 5.76. The summed E-state index contributed by atoms with van der Waals surface area (Å²) in [7, 11) is 0. The smallest absolute Gasteiger partial charge is 0.0118 e. The van der Waals surface area contributed by atoms with E-state index in [2.05, 4.69) is 0 Å². The van der Waals surface area contributed by atoms with Gasteiger partial charge in [0.2, 0.25) is 0 Å². The molecule has 2 heteroatoms. The van der Waals surface area contributed by atoms with E-state index in [1.165, 1.54) is 50.8 Å². The lowest BCUT2D eigenvalue weighted by atomic mass is 10.0. The molecule has 0 unspecified atom stereocenters. The van der Waals surface area contributed by atoms with Crippen LogP contribution in [-0.2, 0) is 11.8 Å². The Morgan fingerprint density at radius 1 is 0.909 bits per heavy atom. The Labute approximate surface area is 74.8 Å². The largest absolute Gasteiger partial charge is 0.0972 e. The van der Waals surface area contributed by atoms with Crippen molar-refractivity contribution >= 4 is 17.8 Å². The van der Waals surface area contributed by atoms with Gasteiger partial charge in [0.05, 0.1) is 0 Å². The average Bonchev–Trinajstić information content (AvgIpc) is 2.02. The van der Waals surface area contributed by atoms with Gasteiger partial charge in [-0.2, -0.15) is 0 Å². The maximum Gasteiger partial charge on any atom is -0.0118 e. The first-order valence-electron chi connectivity index (χ1n) is 4.89. The summed E-state index contributed by atoms with van der Waals surface area (Å²) in [6.45, 7) is 0. The van der Waals surface area contributed by atoms with E-state index in [1.807, 2.05) is 0 Å². The summed E-state index contributed by atoms with van der Waals surface area (Å²) < 4.78 is 0. The molecule has 1 saturated carbocycles. The van der Waals surface area contributed by atoms with Gasteiger partial charge in [-0.15, -0.1) is 0 Å². The molecule has 1 aliphatic heterocycles. The topological polar surface area (TPSA) is 0 Å². The van der Waals surface area contributed by atoms with Gasteiger partial charge in [0.1, 0.15) is 0 Å². The van der Waals surface area contributed by atoms with Gasteiger partial charge in [-0.3, -0.25) is 0 Å². The van der Waals surface area contributed by atoms with Crippen molar-refractivity contribution in [1.82, 2.24) is 0 Å². The number of rotatable bonds is 1. The zero-order valence-corrected chi connectivity index (χ0v) is 8.80. The summed E-state index contributed by atoms with van der Waals surface area (Å²) in [5.74, 6) is 0. The summed E-state index contributed by atoms with van der Waals surface area (Å²) in [6.07, 6.45) is 11.8. The molecule has 0 aromatic heterocycles. The Balaban J connectivity index is 1.97. The van der Waals surface area contributed by atoms with Gasteiger partial charge in [0.15, 0.2) is 0 Å². The molecule has 0 atom stereocenters. The Bertz CT molecular complexity index is 174. The lowest BCUT2D eigenvalue weighted by Crippen LogP contribution is -2.23. The highest BCUT2D eigenvalue weighted by Crippen LogP contribution is 2.62. The van der Waals surface area contributed by atoms with Crippen molar-refractivity contribution < 1.29 is 0 Å². The molecule has 0 N–H and O–H groups in total. The van der Waals surface area contributed by atoms with Gasteiger partial charge >= 0.3 is 0 Å². The molecule has 2 fully saturated rings. The molecular weight excluding hydrogens is 171 g/mol. The molecule has 64 valence electrons. The number of hydrogen-bond acceptors (Lipinski definition) is 1. The summed E-state index contributed by atoms with van der Waals surface area (Å²) in [5.41, 5.74) is 1.03. The molecule has 1 saturated heterocycles. The fourth-order valence-electron chi connectivity index (χ4n) is 2.39. The Hall–Kier alpha value is 0.650. The Kier molecular flexibility index (Phi) is 2.39. The molecule has 1 aliphatic carbocycles. The quantitative estimate of drug-likeness (QED) is 0.569. The third kappa shape index (κ3) is 1.55. The van der Waals surface area contributed by atoms with E-state index in [1.54, 1.807) is 0 Å². The molecule has 11 heavy (non-hydrogen) atoms. The molecule has 0 aromatic rings. The normalized spacial score (nSPS) is 31.3. The first kappa shape index (κ1) is 8.26. The van der Waals surface area contributed by atoms with Crippen LogP contribution in [0.15, 0.2) is 0 Å². The minimum atomic E-state index is -0.735. The van der Waals surface area contributed by atoms with Crippen molar-refractivity contribution in [3.8, 4) is 0 Å². The Morgan fingerprint density at radius 3 is 2.00 bits per heavy atom. The van der Waals surface area contributed by atoms with Crippen molar-refractivity contribution in [3.63, 3.8) is 0 Å². The van der Waals surface area contributed by atoms with Crippen LogP contribution >= 0.6 is 6.04 Å². The van der Waals surface area contributed by atoms with Crippen molar-refractivity contribution in [1.29, 1.82) is 0 Å². The lowest BCUT2D eigenvalue weighted by molar-refractivity contribution is 0.507. The van der Waals surface area contributed by atoms with Crippen LogP contribution in [0.25, 0.3) is 0 Å². The van der Waals surface area contributed by atoms with Crippen molar-refractivity contribution in [3.05, 3.63) is 0 Å². The van der Waals surface area contributed by atoms with Crippen LogP contribution < -0.4 is 0 Å². The monoisotopic (exact) mass is 188 g/mol. The third-order valence-corrected chi connectivity index (χ3v) is 9.30. The highest BCUT2D eigenvalue weighted by Gasteiger charge is 2.34. The van der Waals surface area contributed by atoms with Gasteiger partial charge in [0.25, 0.3) is 0 Å². The van der Waals surface area contributed by atoms with E-state index in [0.717, 1.165) is 5.66 Å². The van der Waals surface area contributed by atoms with E-state index in [4.69, 9.17) is 11.8 Å². The van der Waals surface area contributed by atoms with Crippen molar-refractivity contribution in [2.24, 2.45) is 0 Å². The van der Waals surface area contributed by atoms with Crippen LogP contribution in [0.2, 0.25) is 0 Å². The molecule has 0 aromatic carbocycles. The maximum absolute atomic E-state index is 5.76. The van der Waals surface area contributed by atoms with Crippen LogP contribution in [0, 0.1) is 0 Å². The first-order valence-corrected chi connectivity index (χ1v) is 8.13. The van der Waals surface area contributed by atoms with Crippen LogP contribution in [0.4, 0.5) is 0 Å². The van der Waals surface area contributed by atoms with Crippen LogP contribution in [0.3, 0.4) is 0 Å². The zero-order chi connectivity index (χ0) is 7.73. The second kappa shape index (κ2) is 3.18. The highest BCUT2D eigenvalue weighted by atomic mass is 32.4. The van der Waals surface area contributed by atoms with E-state index in [-0.39, 0.29) is 0 Å². The standard InChI is InChI=1S/C9H17PS/c11-10(7-4-8-10)9-5-2-1-3-6-9/h9H,1-8H2. The first-order chi connectivity index (χ1) is 5.31. The molecule has 0 nitrogen and oxygen atoms in total. The molecule has 0 bridgehead atoms. The predicted octanol–water partition coefficient (Wildman–Crippen LogP) is 3.20. The SMILES string of the molecule is S=P1(C2CCCCC2)CCC1. The molecule has 2 aliphatic rings. The number of hydrogen-bond donors (Lipinski definition) is 0. The summed E-state index contributed by atoms with van der Waals surface area (Å²) in [6, 6.07) is -0.735. The van der Waals surface area contributed by atoms with Gasteiger partial charge in [-0.05, 0) is 43.3 Å². The molecule has 1 heterocycles.